The van der Waals surface area contributed by atoms with Crippen molar-refractivity contribution in [3.8, 4) is 0 Å². The maximum atomic E-state index is 11.9. The quantitative estimate of drug-likeness (QED) is 0.567. The van der Waals surface area contributed by atoms with E-state index < -0.39 is 10.0 Å². The zero-order valence-electron chi connectivity index (χ0n) is 10.2. The molecular formula is C12H17N3O2S. The van der Waals surface area contributed by atoms with E-state index in [2.05, 4.69) is 22.2 Å². The fraction of sp³-hybridized carbons (Fsp3) is 0.333. The van der Waals surface area contributed by atoms with Gasteiger partial charge in [-0.15, -0.1) is 0 Å². The second-order valence-electron chi connectivity index (χ2n) is 4.25. The van der Waals surface area contributed by atoms with Gasteiger partial charge in [0, 0.05) is 11.7 Å². The van der Waals surface area contributed by atoms with Crippen molar-refractivity contribution in [3.05, 3.63) is 30.4 Å². The van der Waals surface area contributed by atoms with E-state index in [0.717, 1.165) is 12.8 Å². The summed E-state index contributed by atoms with van der Waals surface area (Å²) in [5.41, 5.74) is 6.67. The molecule has 0 bridgehead atoms. The van der Waals surface area contributed by atoms with Gasteiger partial charge < -0.3 is 11.1 Å². The van der Waals surface area contributed by atoms with E-state index >= 15 is 0 Å². The zero-order chi connectivity index (χ0) is 13.2. The van der Waals surface area contributed by atoms with Gasteiger partial charge in [0.15, 0.2) is 0 Å². The molecule has 0 spiro atoms. The number of nitrogens with two attached hydrogens (primary N) is 1. The summed E-state index contributed by atoms with van der Waals surface area (Å²) in [5.74, 6) is 0. The Balaban J connectivity index is 2.34. The first-order valence-electron chi connectivity index (χ1n) is 5.77. The maximum absolute atomic E-state index is 11.9. The summed E-state index contributed by atoms with van der Waals surface area (Å²) in [6, 6.07) is 5.12. The van der Waals surface area contributed by atoms with Crippen molar-refractivity contribution in [2.75, 3.05) is 18.1 Å². The third kappa shape index (κ3) is 2.65. The molecule has 4 N–H and O–H groups in total. The highest BCUT2D eigenvalue weighted by atomic mass is 32.2. The van der Waals surface area contributed by atoms with Crippen LogP contribution in [0.2, 0.25) is 0 Å². The lowest BCUT2D eigenvalue weighted by molar-refractivity contribution is 0.588. The maximum Gasteiger partial charge on any atom is 0.242 e. The van der Waals surface area contributed by atoms with Crippen molar-refractivity contribution in [1.29, 1.82) is 0 Å². The molecule has 1 aliphatic rings. The van der Waals surface area contributed by atoms with Crippen LogP contribution in [0.25, 0.3) is 0 Å². The Morgan fingerprint density at radius 1 is 1.28 bits per heavy atom. The first kappa shape index (κ1) is 12.9. The molecule has 0 saturated carbocycles. The molecule has 1 aliphatic carbocycles. The molecule has 0 atom stereocenters. The van der Waals surface area contributed by atoms with Crippen molar-refractivity contribution >= 4 is 21.4 Å². The van der Waals surface area contributed by atoms with Crippen LogP contribution in [-0.4, -0.2) is 21.5 Å². The Morgan fingerprint density at radius 3 is 2.56 bits per heavy atom. The van der Waals surface area contributed by atoms with Crippen molar-refractivity contribution in [2.24, 2.45) is 0 Å². The van der Waals surface area contributed by atoms with Gasteiger partial charge in [0.05, 0.1) is 5.69 Å². The number of anilines is 2. The average Bonchev–Trinajstić information content (AvgIpc) is 2.84. The van der Waals surface area contributed by atoms with Gasteiger partial charge in [-0.2, -0.15) is 0 Å². The monoisotopic (exact) mass is 267 g/mol. The van der Waals surface area contributed by atoms with E-state index in [0.29, 0.717) is 11.4 Å². The van der Waals surface area contributed by atoms with Gasteiger partial charge in [-0.25, -0.2) is 13.1 Å². The van der Waals surface area contributed by atoms with Crippen molar-refractivity contribution in [3.63, 3.8) is 0 Å². The molecule has 0 saturated heterocycles. The second-order valence-corrected chi connectivity index (χ2v) is 6.10. The van der Waals surface area contributed by atoms with Crippen LogP contribution in [0.15, 0.2) is 35.2 Å². The van der Waals surface area contributed by atoms with Gasteiger partial charge in [-0.3, -0.25) is 0 Å². The SMILES string of the molecule is CNS(=O)(=O)c1cc(N)ccc1NC1CC=CC1. The van der Waals surface area contributed by atoms with Crippen LogP contribution in [0.4, 0.5) is 11.4 Å². The van der Waals surface area contributed by atoms with Crippen LogP contribution in [0.1, 0.15) is 12.8 Å². The summed E-state index contributed by atoms with van der Waals surface area (Å²) in [5, 5.41) is 3.24. The Kier molecular flexibility index (Phi) is 3.58. The van der Waals surface area contributed by atoms with Gasteiger partial charge in [-0.05, 0) is 38.1 Å². The van der Waals surface area contributed by atoms with Crippen LogP contribution in [-0.2, 0) is 10.0 Å². The molecule has 0 radical (unpaired) electrons. The molecule has 5 nitrogen and oxygen atoms in total. The summed E-state index contributed by atoms with van der Waals surface area (Å²) in [4.78, 5) is 0.192. The van der Waals surface area contributed by atoms with Gasteiger partial charge >= 0.3 is 0 Å². The molecule has 0 heterocycles. The highest BCUT2D eigenvalue weighted by Gasteiger charge is 2.19. The first-order chi connectivity index (χ1) is 8.53. The smallest absolute Gasteiger partial charge is 0.242 e. The summed E-state index contributed by atoms with van der Waals surface area (Å²) in [7, 11) is -2.12. The van der Waals surface area contributed by atoms with Crippen LogP contribution < -0.4 is 15.8 Å². The molecule has 0 fully saturated rings. The number of sulfonamides is 1. The highest BCUT2D eigenvalue weighted by Crippen LogP contribution is 2.26. The predicted molar refractivity (Wildman–Crippen MR) is 72.9 cm³/mol. The van der Waals surface area contributed by atoms with Crippen LogP contribution in [0.3, 0.4) is 0 Å². The number of hydrogen-bond donors (Lipinski definition) is 3. The number of hydrogen-bond acceptors (Lipinski definition) is 4. The van der Waals surface area contributed by atoms with E-state index in [9.17, 15) is 8.42 Å². The summed E-state index contributed by atoms with van der Waals surface area (Å²) in [6.45, 7) is 0. The lowest BCUT2D eigenvalue weighted by atomic mass is 10.2. The van der Waals surface area contributed by atoms with Crippen molar-refractivity contribution < 1.29 is 8.42 Å². The van der Waals surface area contributed by atoms with E-state index in [1.165, 1.54) is 13.1 Å². The Bertz CT molecular complexity index is 559. The minimum Gasteiger partial charge on any atom is -0.399 e. The molecule has 2 rings (SSSR count). The highest BCUT2D eigenvalue weighted by molar-refractivity contribution is 7.89. The van der Waals surface area contributed by atoms with Gasteiger partial charge in [0.25, 0.3) is 0 Å². The van der Waals surface area contributed by atoms with E-state index in [1.54, 1.807) is 12.1 Å². The average molecular weight is 267 g/mol. The largest absolute Gasteiger partial charge is 0.399 e. The summed E-state index contributed by atoms with van der Waals surface area (Å²) >= 11 is 0. The first-order valence-corrected chi connectivity index (χ1v) is 7.26. The number of rotatable bonds is 4. The molecule has 6 heteroatoms. The second kappa shape index (κ2) is 4.99. The molecule has 0 aromatic heterocycles. The Morgan fingerprint density at radius 2 is 1.94 bits per heavy atom. The molecule has 1 aromatic carbocycles. The van der Waals surface area contributed by atoms with E-state index in [1.807, 2.05) is 0 Å². The fourth-order valence-corrected chi connectivity index (χ4v) is 2.87. The number of nitrogens with one attached hydrogen (secondary N) is 2. The third-order valence-electron chi connectivity index (χ3n) is 2.93. The Labute approximate surface area is 107 Å². The molecule has 18 heavy (non-hydrogen) atoms. The molecule has 1 aromatic rings. The molecular weight excluding hydrogens is 250 g/mol. The van der Waals surface area contributed by atoms with Crippen molar-refractivity contribution in [2.45, 2.75) is 23.8 Å². The molecule has 0 unspecified atom stereocenters. The lowest BCUT2D eigenvalue weighted by Gasteiger charge is -2.17. The normalized spacial score (nSPS) is 16.1. The lowest BCUT2D eigenvalue weighted by Crippen LogP contribution is -2.23. The number of nitrogen functional groups attached to an aromatic ring is 1. The topological polar surface area (TPSA) is 84.2 Å². The minimum absolute atomic E-state index is 0.192. The summed E-state index contributed by atoms with van der Waals surface area (Å²) in [6.07, 6.45) is 5.98. The van der Waals surface area contributed by atoms with Gasteiger partial charge in [0.2, 0.25) is 10.0 Å². The van der Waals surface area contributed by atoms with Gasteiger partial charge in [0.1, 0.15) is 4.90 Å². The number of benzene rings is 1. The summed E-state index contributed by atoms with van der Waals surface area (Å²) < 4.78 is 26.2. The van der Waals surface area contributed by atoms with Crippen LogP contribution in [0.5, 0.6) is 0 Å². The zero-order valence-corrected chi connectivity index (χ0v) is 11.0. The predicted octanol–water partition coefficient (Wildman–Crippen LogP) is 1.31. The fourth-order valence-electron chi connectivity index (χ4n) is 1.95. The van der Waals surface area contributed by atoms with Crippen LogP contribution in [0, 0.1) is 0 Å². The molecule has 98 valence electrons. The van der Waals surface area contributed by atoms with E-state index in [4.69, 9.17) is 5.73 Å². The third-order valence-corrected chi connectivity index (χ3v) is 4.39. The molecule has 0 amide bonds. The molecule has 0 aliphatic heterocycles. The van der Waals surface area contributed by atoms with Gasteiger partial charge in [-0.1, -0.05) is 12.2 Å². The van der Waals surface area contributed by atoms with Crippen LogP contribution >= 0.6 is 0 Å². The standard InChI is InChI=1S/C12H17N3O2S/c1-14-18(16,17)12-8-9(13)6-7-11(12)15-10-4-2-3-5-10/h2-3,6-8,10,14-15H,4-5,13H2,1H3. The van der Waals surface area contributed by atoms with E-state index in [-0.39, 0.29) is 10.9 Å². The van der Waals surface area contributed by atoms with Crippen molar-refractivity contribution in [1.82, 2.24) is 4.72 Å². The Hall–Kier alpha value is -1.53. The minimum atomic E-state index is -3.51.